The van der Waals surface area contributed by atoms with Crippen molar-refractivity contribution in [2.24, 2.45) is 0 Å². The van der Waals surface area contributed by atoms with Crippen molar-refractivity contribution in [1.29, 1.82) is 0 Å². The molecule has 0 saturated carbocycles. The van der Waals surface area contributed by atoms with Crippen molar-refractivity contribution in [3.63, 3.8) is 0 Å². The van der Waals surface area contributed by atoms with Crippen LogP contribution in [0.3, 0.4) is 0 Å². The molecule has 0 aromatic heterocycles. The molecule has 0 aliphatic heterocycles. The highest BCUT2D eigenvalue weighted by Gasteiger charge is 2.39. The highest BCUT2D eigenvalue weighted by Crippen LogP contribution is 2.58. The minimum atomic E-state index is -0.203. The standard InChI is InChI=1S/C59H45N3.C23H15Br3.C12H11N/c1-59(2)55-36-22-21-35-49(55)51-40-53-54(41-56(51)59)57(61(44-27-13-5-14-28-44)45-29-15-6-16-30-45)50-38-37-48(60(42-23-9-3-10-24-42)43-25-11-4-12-26-43)39-52(50)58(53)62(46-31-17-7-18-32-46)47-33-19-8-20-34-47;1-23(2)19-6-4-3-5-13(19)15-10-17-18(11-20(15)23)21(25)14-8-7-12(24)9-16(14)22(17)26;1-3-7-11(8-4-1)13-12-9-5-2-6-10-12/h3-41H,1-2H3;3-11H,1-2H3;1-10,13H. The highest BCUT2D eigenvalue weighted by molar-refractivity contribution is 9.11. The molecule has 18 rings (SSSR count). The van der Waals surface area contributed by atoms with Gasteiger partial charge in [0.05, 0.1) is 11.4 Å². The fraction of sp³-hybridized carbons (Fsp3) is 0.0638. The Morgan fingerprint density at radius 3 is 0.970 bits per heavy atom. The number of nitrogens with zero attached hydrogens (tertiary/aromatic N) is 3. The third kappa shape index (κ3) is 12.1. The van der Waals surface area contributed by atoms with Crippen LogP contribution in [0, 0.1) is 0 Å². The maximum absolute atomic E-state index is 3.89. The van der Waals surface area contributed by atoms with E-state index < -0.39 is 0 Å². The first-order valence-corrected chi connectivity index (χ1v) is 36.7. The monoisotopic (exact) mass is 1490 g/mol. The van der Waals surface area contributed by atoms with Crippen molar-refractivity contribution in [2.75, 3.05) is 20.0 Å². The Bertz CT molecular complexity index is 5550. The van der Waals surface area contributed by atoms with Gasteiger partial charge in [-0.15, -0.1) is 0 Å². The highest BCUT2D eigenvalue weighted by atomic mass is 79.9. The summed E-state index contributed by atoms with van der Waals surface area (Å²) in [5.41, 5.74) is 22.7. The second kappa shape index (κ2) is 27.4. The van der Waals surface area contributed by atoms with Crippen LogP contribution in [0.15, 0.2) is 365 Å². The molecule has 16 aromatic carbocycles. The topological polar surface area (TPSA) is 21.8 Å². The largest absolute Gasteiger partial charge is 0.356 e. The van der Waals surface area contributed by atoms with Crippen LogP contribution in [0.2, 0.25) is 0 Å². The molecule has 0 radical (unpaired) electrons. The Labute approximate surface area is 616 Å². The van der Waals surface area contributed by atoms with E-state index in [4.69, 9.17) is 0 Å². The average Bonchev–Trinajstić information content (AvgIpc) is 1.69. The minimum absolute atomic E-state index is 0.0146. The van der Waals surface area contributed by atoms with Crippen LogP contribution in [-0.4, -0.2) is 0 Å². The predicted octanol–water partition coefficient (Wildman–Crippen LogP) is 28.7. The summed E-state index contributed by atoms with van der Waals surface area (Å²) in [5.74, 6) is 0. The summed E-state index contributed by atoms with van der Waals surface area (Å²) < 4.78 is 3.40. The van der Waals surface area contributed by atoms with Crippen molar-refractivity contribution in [3.05, 3.63) is 388 Å². The summed E-state index contributed by atoms with van der Waals surface area (Å²) in [6, 6.07) is 126. The van der Waals surface area contributed by atoms with E-state index >= 15 is 0 Å². The first-order valence-electron chi connectivity index (χ1n) is 34.3. The molecule has 101 heavy (non-hydrogen) atoms. The molecule has 2 aliphatic carbocycles. The molecule has 0 amide bonds. The van der Waals surface area contributed by atoms with Crippen molar-refractivity contribution in [1.82, 2.24) is 0 Å². The normalized spacial score (nSPS) is 12.7. The molecule has 7 heteroatoms. The van der Waals surface area contributed by atoms with Crippen LogP contribution in [0.1, 0.15) is 49.9 Å². The lowest BCUT2D eigenvalue weighted by molar-refractivity contribution is 0.661. The number of halogens is 3. The Balaban J connectivity index is 0.000000164. The van der Waals surface area contributed by atoms with Crippen LogP contribution in [0.25, 0.3) is 65.3 Å². The lowest BCUT2D eigenvalue weighted by atomic mass is 9.81. The molecule has 0 saturated heterocycles. The van der Waals surface area contributed by atoms with Crippen LogP contribution in [0.4, 0.5) is 62.6 Å². The third-order valence-corrected chi connectivity index (χ3v) is 22.2. The summed E-state index contributed by atoms with van der Waals surface area (Å²) in [4.78, 5) is 7.31. The van der Waals surface area contributed by atoms with E-state index in [1.54, 1.807) is 0 Å². The van der Waals surface area contributed by atoms with Gasteiger partial charge in [-0.2, -0.15) is 0 Å². The van der Waals surface area contributed by atoms with E-state index in [0.717, 1.165) is 86.8 Å². The van der Waals surface area contributed by atoms with Crippen molar-refractivity contribution >= 4 is 153 Å². The van der Waals surface area contributed by atoms with Gasteiger partial charge in [0.25, 0.3) is 0 Å². The second-order valence-electron chi connectivity index (χ2n) is 26.8. The summed E-state index contributed by atoms with van der Waals surface area (Å²) in [5, 5.41) is 12.9. The molecular formula is C94H71Br3N4. The lowest BCUT2D eigenvalue weighted by Crippen LogP contribution is -2.17. The molecule has 0 spiro atoms. The molecule has 1 N–H and O–H groups in total. The van der Waals surface area contributed by atoms with Crippen LogP contribution >= 0.6 is 47.8 Å². The van der Waals surface area contributed by atoms with E-state index in [1.807, 2.05) is 60.7 Å². The number of anilines is 11. The maximum Gasteiger partial charge on any atom is 0.0620 e. The molecular weight excluding hydrogens is 1420 g/mol. The molecule has 2 aliphatic rings. The second-order valence-corrected chi connectivity index (χ2v) is 29.4. The van der Waals surface area contributed by atoms with Gasteiger partial charge >= 0.3 is 0 Å². The van der Waals surface area contributed by atoms with Gasteiger partial charge in [0.15, 0.2) is 0 Å². The molecule has 16 aromatic rings. The number of fused-ring (bicyclic) bond motifs is 10. The Hall–Kier alpha value is -10.8. The summed E-state index contributed by atoms with van der Waals surface area (Å²) >= 11 is 11.4. The van der Waals surface area contributed by atoms with E-state index in [1.165, 1.54) is 76.8 Å². The number of hydrogen-bond acceptors (Lipinski definition) is 4. The van der Waals surface area contributed by atoms with Gasteiger partial charge in [0, 0.05) is 97.0 Å². The fourth-order valence-electron chi connectivity index (χ4n) is 15.2. The summed E-state index contributed by atoms with van der Waals surface area (Å²) in [7, 11) is 0. The smallest absolute Gasteiger partial charge is 0.0620 e. The number of nitrogens with one attached hydrogen (secondary N) is 1. The van der Waals surface area contributed by atoms with Crippen LogP contribution in [0.5, 0.6) is 0 Å². The maximum atomic E-state index is 3.89. The van der Waals surface area contributed by atoms with E-state index in [0.29, 0.717) is 0 Å². The average molecular weight is 1500 g/mol. The van der Waals surface area contributed by atoms with Gasteiger partial charge in [-0.05, 0) is 244 Å². The van der Waals surface area contributed by atoms with Gasteiger partial charge in [-0.3, -0.25) is 0 Å². The molecule has 0 unspecified atom stereocenters. The number of hydrogen-bond donors (Lipinski definition) is 1. The zero-order valence-corrected chi connectivity index (χ0v) is 61.2. The first-order chi connectivity index (χ1) is 49.4. The van der Waals surface area contributed by atoms with Gasteiger partial charge < -0.3 is 20.0 Å². The van der Waals surface area contributed by atoms with Crippen molar-refractivity contribution in [2.45, 2.75) is 38.5 Å². The lowest BCUT2D eigenvalue weighted by Gasteiger charge is -2.34. The molecule has 0 fully saturated rings. The molecule has 4 nitrogen and oxygen atoms in total. The Morgan fingerprint density at radius 2 is 0.535 bits per heavy atom. The van der Waals surface area contributed by atoms with E-state index in [-0.39, 0.29) is 10.8 Å². The fourth-order valence-corrected chi connectivity index (χ4v) is 16.9. The summed E-state index contributed by atoms with van der Waals surface area (Å²) in [6.45, 7) is 9.41. The van der Waals surface area contributed by atoms with E-state index in [9.17, 15) is 0 Å². The predicted molar refractivity (Wildman–Crippen MR) is 441 cm³/mol. The quantitative estimate of drug-likeness (QED) is 0.103. The van der Waals surface area contributed by atoms with Crippen LogP contribution < -0.4 is 20.0 Å². The first kappa shape index (κ1) is 64.8. The van der Waals surface area contributed by atoms with Crippen molar-refractivity contribution < 1.29 is 0 Å². The number of benzene rings is 16. The zero-order chi connectivity index (χ0) is 68.8. The van der Waals surface area contributed by atoms with Gasteiger partial charge in [0.1, 0.15) is 0 Å². The van der Waals surface area contributed by atoms with Crippen LogP contribution in [-0.2, 0) is 10.8 Å². The molecule has 0 bridgehead atoms. The van der Waals surface area contributed by atoms with E-state index in [2.05, 4.69) is 387 Å². The van der Waals surface area contributed by atoms with Crippen molar-refractivity contribution in [3.8, 4) is 22.3 Å². The van der Waals surface area contributed by atoms with Gasteiger partial charge in [0.2, 0.25) is 0 Å². The molecule has 0 atom stereocenters. The van der Waals surface area contributed by atoms with Gasteiger partial charge in [-0.1, -0.05) is 250 Å². The molecule has 0 heterocycles. The SMILES string of the molecule is CC1(C)c2ccccc2-c2cc3c(Br)c4cc(Br)ccc4c(Br)c3cc21.CC1(C)c2ccccc2-c2cc3c(N(c4ccccc4)c4ccccc4)c4cc(N(c5ccccc5)c5ccccc5)ccc4c(N(c4ccccc4)c4ccccc4)c3cc21.c1ccc(Nc2ccccc2)cc1. The van der Waals surface area contributed by atoms with Gasteiger partial charge in [-0.25, -0.2) is 0 Å². The minimum Gasteiger partial charge on any atom is -0.356 e. The third-order valence-electron chi connectivity index (χ3n) is 20.0. The Morgan fingerprint density at radius 1 is 0.228 bits per heavy atom. The number of rotatable bonds is 11. The number of para-hydroxylation sites is 8. The zero-order valence-electron chi connectivity index (χ0n) is 56.5. The Kier molecular flexibility index (Phi) is 17.6. The molecule has 488 valence electrons. The summed E-state index contributed by atoms with van der Waals surface area (Å²) in [6.07, 6.45) is 0.